The normalized spacial score (nSPS) is 13.1. The summed E-state index contributed by atoms with van der Waals surface area (Å²) in [6, 6.07) is 14.7. The SMILES string of the molecule is CN(C(=O)C1CC1)c1cccc(Oc2ccc(Nc3ncnc4ccn(CCOCCO)c34)cc2Cl)c1. The van der Waals surface area contributed by atoms with Gasteiger partial charge in [0.15, 0.2) is 5.82 Å². The lowest BCUT2D eigenvalue weighted by atomic mass is 10.2. The second-order valence-electron chi connectivity index (χ2n) is 8.84. The molecule has 0 bridgehead atoms. The van der Waals surface area contributed by atoms with Gasteiger partial charge in [-0.2, -0.15) is 0 Å². The number of halogens is 1. The molecule has 9 nitrogen and oxygen atoms in total. The quantitative estimate of drug-likeness (QED) is 0.268. The summed E-state index contributed by atoms with van der Waals surface area (Å²) in [5.74, 6) is 2.00. The average Bonchev–Trinajstić information content (AvgIpc) is 3.68. The molecule has 10 heteroatoms. The summed E-state index contributed by atoms with van der Waals surface area (Å²) in [5.41, 5.74) is 3.16. The number of anilines is 3. The molecule has 2 N–H and O–H groups in total. The van der Waals surface area contributed by atoms with E-state index in [1.807, 2.05) is 47.2 Å². The van der Waals surface area contributed by atoms with E-state index in [9.17, 15) is 4.79 Å². The van der Waals surface area contributed by atoms with Gasteiger partial charge in [-0.3, -0.25) is 4.79 Å². The molecule has 2 aromatic carbocycles. The lowest BCUT2D eigenvalue weighted by molar-refractivity contribution is -0.119. The van der Waals surface area contributed by atoms with E-state index in [1.54, 1.807) is 24.1 Å². The van der Waals surface area contributed by atoms with Crippen LogP contribution in [0.5, 0.6) is 11.5 Å². The Morgan fingerprint density at radius 3 is 2.84 bits per heavy atom. The molecule has 1 aliphatic carbocycles. The van der Waals surface area contributed by atoms with Crippen LogP contribution in [0.2, 0.25) is 5.02 Å². The number of hydrogen-bond acceptors (Lipinski definition) is 7. The van der Waals surface area contributed by atoms with Crippen molar-refractivity contribution in [1.29, 1.82) is 0 Å². The van der Waals surface area contributed by atoms with Gasteiger partial charge < -0.3 is 29.4 Å². The van der Waals surface area contributed by atoms with Crippen LogP contribution in [-0.2, 0) is 16.1 Å². The van der Waals surface area contributed by atoms with Crippen LogP contribution in [-0.4, -0.2) is 52.4 Å². The number of carbonyl (C=O) groups is 1. The zero-order valence-corrected chi connectivity index (χ0v) is 21.2. The molecular weight excluding hydrogens is 494 g/mol. The van der Waals surface area contributed by atoms with Gasteiger partial charge in [-0.1, -0.05) is 17.7 Å². The van der Waals surface area contributed by atoms with Gasteiger partial charge in [0.1, 0.15) is 23.3 Å². The molecular formula is C27H28ClN5O4. The van der Waals surface area contributed by atoms with Gasteiger partial charge in [0.25, 0.3) is 0 Å². The van der Waals surface area contributed by atoms with E-state index in [2.05, 4.69) is 15.3 Å². The Morgan fingerprint density at radius 1 is 1.19 bits per heavy atom. The minimum Gasteiger partial charge on any atom is -0.456 e. The summed E-state index contributed by atoms with van der Waals surface area (Å²) < 4.78 is 13.5. The van der Waals surface area contributed by atoms with Gasteiger partial charge >= 0.3 is 0 Å². The van der Waals surface area contributed by atoms with E-state index in [-0.39, 0.29) is 18.4 Å². The molecule has 2 aromatic heterocycles. The largest absolute Gasteiger partial charge is 0.456 e. The van der Waals surface area contributed by atoms with Crippen molar-refractivity contribution in [2.45, 2.75) is 19.4 Å². The van der Waals surface area contributed by atoms with Crippen LogP contribution in [0.25, 0.3) is 11.0 Å². The number of nitrogens with one attached hydrogen (secondary N) is 1. The monoisotopic (exact) mass is 521 g/mol. The number of hydrogen-bond donors (Lipinski definition) is 2. The molecule has 5 rings (SSSR count). The fourth-order valence-corrected chi connectivity index (χ4v) is 4.27. The van der Waals surface area contributed by atoms with Crippen molar-refractivity contribution in [3.8, 4) is 11.5 Å². The first-order valence-corrected chi connectivity index (χ1v) is 12.5. The van der Waals surface area contributed by atoms with E-state index >= 15 is 0 Å². The van der Waals surface area contributed by atoms with Crippen molar-refractivity contribution in [2.24, 2.45) is 5.92 Å². The first-order valence-electron chi connectivity index (χ1n) is 12.1. The predicted octanol–water partition coefficient (Wildman–Crippen LogP) is 5.00. The van der Waals surface area contributed by atoms with Crippen LogP contribution in [0.4, 0.5) is 17.2 Å². The molecule has 37 heavy (non-hydrogen) atoms. The second-order valence-corrected chi connectivity index (χ2v) is 9.25. The predicted molar refractivity (Wildman–Crippen MR) is 143 cm³/mol. The molecule has 0 radical (unpaired) electrons. The number of fused-ring (bicyclic) bond motifs is 1. The van der Waals surface area contributed by atoms with Gasteiger partial charge in [0.05, 0.1) is 30.4 Å². The van der Waals surface area contributed by atoms with Crippen molar-refractivity contribution >= 4 is 45.7 Å². The lowest BCUT2D eigenvalue weighted by Gasteiger charge is -2.18. The molecule has 1 saturated carbocycles. The van der Waals surface area contributed by atoms with Gasteiger partial charge in [0, 0.05) is 43.1 Å². The van der Waals surface area contributed by atoms with Crippen LogP contribution in [0.15, 0.2) is 61.1 Å². The Balaban J connectivity index is 1.30. The van der Waals surface area contributed by atoms with Crippen LogP contribution in [0.1, 0.15) is 12.8 Å². The molecule has 0 saturated heterocycles. The third-order valence-electron chi connectivity index (χ3n) is 6.15. The van der Waals surface area contributed by atoms with Crippen molar-refractivity contribution in [2.75, 3.05) is 37.1 Å². The van der Waals surface area contributed by atoms with Gasteiger partial charge in [0.2, 0.25) is 5.91 Å². The molecule has 2 heterocycles. The maximum atomic E-state index is 12.4. The second kappa shape index (κ2) is 11.2. The molecule has 0 atom stereocenters. The number of rotatable bonds is 11. The molecule has 0 aliphatic heterocycles. The van der Waals surface area contributed by atoms with E-state index in [0.29, 0.717) is 42.1 Å². The summed E-state index contributed by atoms with van der Waals surface area (Å²) in [6.07, 6.45) is 5.36. The van der Waals surface area contributed by atoms with Crippen molar-refractivity contribution < 1.29 is 19.4 Å². The molecule has 4 aromatic rings. The summed E-state index contributed by atoms with van der Waals surface area (Å²) in [6.45, 7) is 1.35. The number of benzene rings is 2. The number of aliphatic hydroxyl groups is 1. The third kappa shape index (κ3) is 5.85. The van der Waals surface area contributed by atoms with Crippen LogP contribution in [0.3, 0.4) is 0 Å². The highest BCUT2D eigenvalue weighted by molar-refractivity contribution is 6.32. The minimum atomic E-state index is -0.00854. The zero-order chi connectivity index (χ0) is 25.8. The average molecular weight is 522 g/mol. The van der Waals surface area contributed by atoms with Crippen molar-refractivity contribution in [3.63, 3.8) is 0 Å². The smallest absolute Gasteiger partial charge is 0.229 e. The van der Waals surface area contributed by atoms with E-state index < -0.39 is 0 Å². The number of amides is 1. The summed E-state index contributed by atoms with van der Waals surface area (Å²) in [5, 5.41) is 12.7. The molecule has 1 amide bonds. The molecule has 0 spiro atoms. The third-order valence-corrected chi connectivity index (χ3v) is 6.44. The summed E-state index contributed by atoms with van der Waals surface area (Å²) >= 11 is 6.57. The summed E-state index contributed by atoms with van der Waals surface area (Å²) in [4.78, 5) is 22.9. The number of ether oxygens (including phenoxy) is 2. The number of aromatic nitrogens is 3. The molecule has 192 valence electrons. The Hall–Kier alpha value is -3.66. The fraction of sp³-hybridized carbons (Fsp3) is 0.296. The van der Waals surface area contributed by atoms with Crippen molar-refractivity contribution in [1.82, 2.24) is 14.5 Å². The molecule has 1 aliphatic rings. The van der Waals surface area contributed by atoms with Gasteiger partial charge in [-0.25, -0.2) is 9.97 Å². The minimum absolute atomic E-state index is 0.00854. The number of nitrogens with zero attached hydrogens (tertiary/aromatic N) is 4. The van der Waals surface area contributed by atoms with E-state index in [0.717, 1.165) is 35.2 Å². The maximum Gasteiger partial charge on any atom is 0.229 e. The summed E-state index contributed by atoms with van der Waals surface area (Å²) in [7, 11) is 1.79. The Bertz CT molecular complexity index is 1400. The van der Waals surface area contributed by atoms with Gasteiger partial charge in [-0.15, -0.1) is 0 Å². The first kappa shape index (κ1) is 25.0. The highest BCUT2D eigenvalue weighted by Crippen LogP contribution is 2.36. The Kier molecular flexibility index (Phi) is 7.55. The maximum absolute atomic E-state index is 12.4. The Morgan fingerprint density at radius 2 is 2.05 bits per heavy atom. The Labute approximate surface area is 219 Å². The molecule has 1 fully saturated rings. The number of carbonyl (C=O) groups excluding carboxylic acids is 1. The van der Waals surface area contributed by atoms with E-state index in [1.165, 1.54) is 6.33 Å². The standard InChI is InChI=1S/C27H28ClN5O4/c1-32(27(35)18-5-6-18)20-3-2-4-21(16-20)37-24-8-7-19(15-22(24)28)31-26-25-23(29-17-30-26)9-10-33(25)11-13-36-14-12-34/h2-4,7-10,15-18,34H,5-6,11-14H2,1H3,(H,29,30,31). The topological polar surface area (TPSA) is 102 Å². The first-order chi connectivity index (χ1) is 18.0. The zero-order valence-electron chi connectivity index (χ0n) is 20.4. The lowest BCUT2D eigenvalue weighted by Crippen LogP contribution is -2.27. The van der Waals surface area contributed by atoms with Crippen LogP contribution < -0.4 is 15.0 Å². The fourth-order valence-electron chi connectivity index (χ4n) is 4.05. The molecule has 0 unspecified atom stereocenters. The van der Waals surface area contributed by atoms with Crippen LogP contribution >= 0.6 is 11.6 Å². The highest BCUT2D eigenvalue weighted by Gasteiger charge is 2.32. The highest BCUT2D eigenvalue weighted by atomic mass is 35.5. The van der Waals surface area contributed by atoms with Crippen LogP contribution in [0, 0.1) is 5.92 Å². The number of aliphatic hydroxyl groups excluding tert-OH is 1. The van der Waals surface area contributed by atoms with E-state index in [4.69, 9.17) is 26.2 Å². The van der Waals surface area contributed by atoms with Crippen molar-refractivity contribution in [3.05, 3.63) is 66.1 Å². The van der Waals surface area contributed by atoms with Gasteiger partial charge in [-0.05, 0) is 49.2 Å².